The number of methoxy groups -OCH3 is 2. The molecule has 41 heavy (non-hydrogen) atoms. The van der Waals surface area contributed by atoms with Crippen molar-refractivity contribution in [2.75, 3.05) is 19.2 Å². The van der Waals surface area contributed by atoms with Crippen LogP contribution in [0.3, 0.4) is 0 Å². The van der Waals surface area contributed by atoms with Gasteiger partial charge >= 0.3 is 5.97 Å². The molecule has 1 aromatic heterocycles. The van der Waals surface area contributed by atoms with Gasteiger partial charge in [0, 0.05) is 17.0 Å². The summed E-state index contributed by atoms with van der Waals surface area (Å²) in [5.41, 5.74) is 5.88. The standard InChI is InChI=1S/C34H32N2O5/c1-38-26-14-8-22(9-15-26)20-36(35)30-19-31-29(18-28(30)24-10-11-24)32(34(37)39-2)33(41-31)25-12-16-27(17-13-25)40-21-23-6-4-3-5-7-23/h3-9,12-19,24H,10-11,20-21,35H2,1-2H3. The van der Waals surface area contributed by atoms with Crippen molar-refractivity contribution in [3.63, 3.8) is 0 Å². The highest BCUT2D eigenvalue weighted by Gasteiger charge is 2.31. The van der Waals surface area contributed by atoms with Gasteiger partial charge in [-0.05, 0) is 77.9 Å². The number of esters is 1. The van der Waals surface area contributed by atoms with Gasteiger partial charge in [-0.2, -0.15) is 0 Å². The lowest BCUT2D eigenvalue weighted by atomic mass is 10.0. The maximum Gasteiger partial charge on any atom is 0.342 e. The summed E-state index contributed by atoms with van der Waals surface area (Å²) in [5.74, 6) is 8.57. The summed E-state index contributed by atoms with van der Waals surface area (Å²) in [4.78, 5) is 13.1. The first kappa shape index (κ1) is 26.5. The maximum absolute atomic E-state index is 13.1. The summed E-state index contributed by atoms with van der Waals surface area (Å²) >= 11 is 0. The number of benzene rings is 4. The third-order valence-corrected chi connectivity index (χ3v) is 7.43. The van der Waals surface area contributed by atoms with E-state index >= 15 is 0 Å². The second kappa shape index (κ2) is 11.4. The predicted molar refractivity (Wildman–Crippen MR) is 159 cm³/mol. The average Bonchev–Trinajstić information content (AvgIpc) is 3.80. The fraction of sp³-hybridized carbons (Fsp3) is 0.206. The summed E-state index contributed by atoms with van der Waals surface area (Å²) in [7, 11) is 3.04. The van der Waals surface area contributed by atoms with E-state index in [9.17, 15) is 4.79 Å². The largest absolute Gasteiger partial charge is 0.497 e. The van der Waals surface area contributed by atoms with Gasteiger partial charge in [-0.15, -0.1) is 0 Å². The molecule has 7 heteroatoms. The Labute approximate surface area is 239 Å². The third kappa shape index (κ3) is 5.62. The number of hydrogen-bond acceptors (Lipinski definition) is 7. The van der Waals surface area contributed by atoms with Crippen LogP contribution in [0.1, 0.15) is 45.8 Å². The molecule has 0 aliphatic heterocycles. The highest BCUT2D eigenvalue weighted by Crippen LogP contribution is 2.47. The van der Waals surface area contributed by atoms with Crippen molar-refractivity contribution in [1.29, 1.82) is 0 Å². The minimum Gasteiger partial charge on any atom is -0.497 e. The van der Waals surface area contributed by atoms with Gasteiger partial charge < -0.3 is 23.6 Å². The summed E-state index contributed by atoms with van der Waals surface area (Å²) in [6.45, 7) is 0.980. The Kier molecular flexibility index (Phi) is 7.35. The Morgan fingerprint density at radius 3 is 2.27 bits per heavy atom. The Bertz CT molecular complexity index is 1660. The Morgan fingerprint density at radius 1 is 0.902 bits per heavy atom. The predicted octanol–water partition coefficient (Wildman–Crippen LogP) is 7.23. The zero-order chi connectivity index (χ0) is 28.3. The van der Waals surface area contributed by atoms with E-state index in [1.807, 2.05) is 91.0 Å². The number of carbonyl (C=O) groups excluding carboxylic acids is 1. The molecule has 208 valence electrons. The van der Waals surface area contributed by atoms with Gasteiger partial charge in [-0.1, -0.05) is 42.5 Å². The van der Waals surface area contributed by atoms with Crippen molar-refractivity contribution in [1.82, 2.24) is 0 Å². The van der Waals surface area contributed by atoms with E-state index in [2.05, 4.69) is 0 Å². The smallest absolute Gasteiger partial charge is 0.342 e. The van der Waals surface area contributed by atoms with Crippen molar-refractivity contribution >= 4 is 22.6 Å². The van der Waals surface area contributed by atoms with E-state index in [0.29, 0.717) is 36.0 Å². The number of carbonyl (C=O) groups is 1. The van der Waals surface area contributed by atoms with Crippen LogP contribution in [0.2, 0.25) is 0 Å². The van der Waals surface area contributed by atoms with Gasteiger partial charge in [0.25, 0.3) is 0 Å². The molecule has 0 amide bonds. The number of furan rings is 1. The molecule has 0 radical (unpaired) electrons. The molecule has 4 aromatic carbocycles. The van der Waals surface area contributed by atoms with E-state index in [1.165, 1.54) is 7.11 Å². The van der Waals surface area contributed by atoms with Gasteiger partial charge in [0.15, 0.2) is 0 Å². The van der Waals surface area contributed by atoms with Crippen LogP contribution in [0.15, 0.2) is 95.4 Å². The summed E-state index contributed by atoms with van der Waals surface area (Å²) < 4.78 is 22.8. The second-order valence-electron chi connectivity index (χ2n) is 10.3. The monoisotopic (exact) mass is 548 g/mol. The molecular weight excluding hydrogens is 516 g/mol. The summed E-state index contributed by atoms with van der Waals surface area (Å²) in [6.07, 6.45) is 2.16. The number of hydrogen-bond donors (Lipinski definition) is 1. The lowest BCUT2D eigenvalue weighted by molar-refractivity contribution is 0.0603. The zero-order valence-electron chi connectivity index (χ0n) is 23.1. The van der Waals surface area contributed by atoms with Crippen molar-refractivity contribution < 1.29 is 23.4 Å². The van der Waals surface area contributed by atoms with Crippen molar-refractivity contribution in [2.45, 2.75) is 31.9 Å². The molecule has 1 heterocycles. The van der Waals surface area contributed by atoms with Gasteiger partial charge in [-0.25, -0.2) is 10.6 Å². The molecule has 6 rings (SSSR count). The summed E-state index contributed by atoms with van der Waals surface area (Å²) in [5, 5.41) is 2.47. The normalized spacial score (nSPS) is 12.8. The number of anilines is 1. The number of nitrogens with two attached hydrogens (primary N) is 1. The molecular formula is C34H32N2O5. The van der Waals surface area contributed by atoms with Gasteiger partial charge in [-0.3, -0.25) is 0 Å². The van der Waals surface area contributed by atoms with Crippen molar-refractivity contribution in [3.8, 4) is 22.8 Å². The molecule has 1 aliphatic carbocycles. The van der Waals surface area contributed by atoms with Gasteiger partial charge in [0.1, 0.15) is 35.0 Å². The number of hydrazine groups is 1. The fourth-order valence-corrected chi connectivity index (χ4v) is 5.08. The SMILES string of the molecule is COC(=O)c1c(-c2ccc(OCc3ccccc3)cc2)oc2cc(N(N)Cc3ccc(OC)cc3)c(C3CC3)cc12. The highest BCUT2D eigenvalue weighted by molar-refractivity contribution is 6.09. The minimum absolute atomic E-state index is 0.390. The first-order valence-corrected chi connectivity index (χ1v) is 13.6. The lowest BCUT2D eigenvalue weighted by Crippen LogP contribution is -2.31. The molecule has 1 saturated carbocycles. The lowest BCUT2D eigenvalue weighted by Gasteiger charge is -2.22. The number of ether oxygens (including phenoxy) is 3. The topological polar surface area (TPSA) is 87.2 Å². The maximum atomic E-state index is 13.1. The van der Waals surface area contributed by atoms with E-state index in [1.54, 1.807) is 12.1 Å². The molecule has 2 N–H and O–H groups in total. The van der Waals surface area contributed by atoms with Crippen LogP contribution >= 0.6 is 0 Å². The molecule has 1 aliphatic rings. The minimum atomic E-state index is -0.444. The van der Waals surface area contributed by atoms with Crippen LogP contribution in [-0.2, 0) is 17.9 Å². The molecule has 0 atom stereocenters. The van der Waals surface area contributed by atoms with Crippen LogP contribution < -0.4 is 20.3 Å². The number of nitrogens with zero attached hydrogens (tertiary/aromatic N) is 1. The first-order chi connectivity index (χ1) is 20.0. The third-order valence-electron chi connectivity index (χ3n) is 7.43. The van der Waals surface area contributed by atoms with Gasteiger partial charge in [0.2, 0.25) is 0 Å². The van der Waals surface area contributed by atoms with Crippen LogP contribution in [-0.4, -0.2) is 20.2 Å². The van der Waals surface area contributed by atoms with Gasteiger partial charge in [0.05, 0.1) is 26.5 Å². The molecule has 0 bridgehead atoms. The molecule has 7 nitrogen and oxygen atoms in total. The Morgan fingerprint density at radius 2 is 1.61 bits per heavy atom. The van der Waals surface area contributed by atoms with E-state index < -0.39 is 5.97 Å². The zero-order valence-corrected chi connectivity index (χ0v) is 23.1. The average molecular weight is 549 g/mol. The molecule has 0 saturated heterocycles. The van der Waals surface area contributed by atoms with E-state index in [4.69, 9.17) is 24.5 Å². The van der Waals surface area contributed by atoms with Crippen LogP contribution in [0, 0.1) is 0 Å². The molecule has 1 fully saturated rings. The highest BCUT2D eigenvalue weighted by atomic mass is 16.5. The van der Waals surface area contributed by atoms with E-state index in [0.717, 1.165) is 57.7 Å². The number of rotatable bonds is 10. The Balaban J connectivity index is 1.34. The van der Waals surface area contributed by atoms with Crippen molar-refractivity contribution in [3.05, 3.63) is 113 Å². The first-order valence-electron chi connectivity index (χ1n) is 13.6. The molecule has 5 aromatic rings. The van der Waals surface area contributed by atoms with Crippen LogP contribution in [0.4, 0.5) is 5.69 Å². The summed E-state index contributed by atoms with van der Waals surface area (Å²) in [6, 6.07) is 29.4. The van der Waals surface area contributed by atoms with Crippen LogP contribution in [0.5, 0.6) is 11.5 Å². The Hall–Kier alpha value is -4.75. The quantitative estimate of drug-likeness (QED) is 0.112. The van der Waals surface area contributed by atoms with Crippen LogP contribution in [0.25, 0.3) is 22.3 Å². The second-order valence-corrected chi connectivity index (χ2v) is 10.3. The molecule has 0 unspecified atom stereocenters. The molecule has 0 spiro atoms. The van der Waals surface area contributed by atoms with Crippen molar-refractivity contribution in [2.24, 2.45) is 5.84 Å². The van der Waals surface area contributed by atoms with E-state index in [-0.39, 0.29) is 0 Å². The fourth-order valence-electron chi connectivity index (χ4n) is 5.08. The number of fused-ring (bicyclic) bond motifs is 1.